The molecular formula is C6H10N2O2. The first-order valence-corrected chi connectivity index (χ1v) is 3.41. The third kappa shape index (κ3) is 0.726. The van der Waals surface area contributed by atoms with Gasteiger partial charge in [0.1, 0.15) is 0 Å². The van der Waals surface area contributed by atoms with Crippen LogP contribution in [0.2, 0.25) is 0 Å². The number of fused-ring (bicyclic) bond motifs is 1. The molecule has 0 saturated carbocycles. The van der Waals surface area contributed by atoms with Gasteiger partial charge in [0.2, 0.25) is 0 Å². The predicted octanol–water partition coefficient (Wildman–Crippen LogP) is -1.18. The van der Waals surface area contributed by atoms with Gasteiger partial charge in [-0.25, -0.2) is 0 Å². The molecule has 2 unspecified atom stereocenters. The highest BCUT2D eigenvalue weighted by Crippen LogP contribution is 2.30. The van der Waals surface area contributed by atoms with Gasteiger partial charge in [-0.1, -0.05) is 0 Å². The van der Waals surface area contributed by atoms with E-state index in [0.29, 0.717) is 6.04 Å². The van der Waals surface area contributed by atoms with Crippen molar-refractivity contribution in [3.8, 4) is 0 Å². The molecule has 4 heteroatoms. The average molecular weight is 142 g/mol. The van der Waals surface area contributed by atoms with Gasteiger partial charge in [0.25, 0.3) is 0 Å². The van der Waals surface area contributed by atoms with Gasteiger partial charge in [0.15, 0.2) is 5.72 Å². The van der Waals surface area contributed by atoms with E-state index in [-0.39, 0.29) is 11.7 Å². The molecule has 0 aromatic heterocycles. The Balaban J connectivity index is 1.99. The Hall–Kier alpha value is -0.610. The van der Waals surface area contributed by atoms with Crippen LogP contribution in [0, 0.1) is 0 Å². The highest BCUT2D eigenvalue weighted by atomic mass is 16.6. The fraction of sp³-hybridized carbons (Fsp3) is 0.833. The minimum Gasteiger partial charge on any atom is -0.441 e. The molecule has 2 aliphatic rings. The Morgan fingerprint density at radius 2 is 2.60 bits per heavy atom. The van der Waals surface area contributed by atoms with Crippen LogP contribution in [0.15, 0.2) is 0 Å². The topological polar surface area (TPSA) is 60.3 Å². The lowest BCUT2D eigenvalue weighted by molar-refractivity contribution is -0.148. The van der Waals surface area contributed by atoms with E-state index in [4.69, 9.17) is 4.74 Å². The van der Waals surface area contributed by atoms with Gasteiger partial charge >= 0.3 is 5.97 Å². The molecule has 0 aliphatic carbocycles. The van der Waals surface area contributed by atoms with E-state index in [1.165, 1.54) is 6.92 Å². The van der Waals surface area contributed by atoms with E-state index < -0.39 is 0 Å². The first kappa shape index (κ1) is 6.12. The minimum absolute atomic E-state index is 0.210. The Morgan fingerprint density at radius 1 is 1.80 bits per heavy atom. The number of carbonyl (C=O) groups is 1. The quantitative estimate of drug-likeness (QED) is 0.357. The van der Waals surface area contributed by atoms with E-state index in [2.05, 4.69) is 10.6 Å². The second-order valence-electron chi connectivity index (χ2n) is 2.81. The summed E-state index contributed by atoms with van der Waals surface area (Å²) in [7, 11) is 0. The van der Waals surface area contributed by atoms with Crippen LogP contribution in [-0.4, -0.2) is 30.8 Å². The van der Waals surface area contributed by atoms with Gasteiger partial charge in [-0.15, -0.1) is 0 Å². The zero-order valence-corrected chi connectivity index (χ0v) is 5.81. The van der Waals surface area contributed by atoms with E-state index in [1.807, 2.05) is 0 Å². The van der Waals surface area contributed by atoms with Crippen molar-refractivity contribution < 1.29 is 9.53 Å². The minimum atomic E-state index is -0.328. The molecule has 2 rings (SSSR count). The molecule has 2 N–H and O–H groups in total. The molecule has 4 nitrogen and oxygen atoms in total. The lowest BCUT2D eigenvalue weighted by Gasteiger charge is -2.09. The number of piperazine rings is 1. The summed E-state index contributed by atoms with van der Waals surface area (Å²) in [5.74, 6) is -0.210. The predicted molar refractivity (Wildman–Crippen MR) is 34.3 cm³/mol. The third-order valence-electron chi connectivity index (χ3n) is 1.96. The molecule has 2 aliphatic heterocycles. The molecular weight excluding hydrogens is 132 g/mol. The maximum atomic E-state index is 10.5. The van der Waals surface area contributed by atoms with Gasteiger partial charge in [-0.05, 0) is 0 Å². The number of hydrogen-bond acceptors (Lipinski definition) is 4. The van der Waals surface area contributed by atoms with Crippen molar-refractivity contribution in [2.75, 3.05) is 13.1 Å². The SMILES string of the molecule is CC(=O)OC12CNCC1N2. The lowest BCUT2D eigenvalue weighted by Crippen LogP contribution is -2.31. The lowest BCUT2D eigenvalue weighted by atomic mass is 10.3. The molecule has 0 amide bonds. The molecule has 2 saturated heterocycles. The van der Waals surface area contributed by atoms with Crippen molar-refractivity contribution in [1.29, 1.82) is 0 Å². The van der Waals surface area contributed by atoms with Crippen LogP contribution in [0.3, 0.4) is 0 Å². The Labute approximate surface area is 58.9 Å². The van der Waals surface area contributed by atoms with E-state index in [9.17, 15) is 4.79 Å². The summed E-state index contributed by atoms with van der Waals surface area (Å²) in [6.45, 7) is 3.09. The van der Waals surface area contributed by atoms with E-state index >= 15 is 0 Å². The van der Waals surface area contributed by atoms with Crippen LogP contribution in [0.25, 0.3) is 0 Å². The van der Waals surface area contributed by atoms with Crippen molar-refractivity contribution in [1.82, 2.24) is 10.6 Å². The molecule has 2 heterocycles. The summed E-state index contributed by atoms with van der Waals surface area (Å²) in [4.78, 5) is 10.5. The average Bonchev–Trinajstić information content (AvgIpc) is 2.33. The molecule has 10 heavy (non-hydrogen) atoms. The molecule has 0 aromatic rings. The largest absolute Gasteiger partial charge is 0.441 e. The second-order valence-corrected chi connectivity index (χ2v) is 2.81. The van der Waals surface area contributed by atoms with Gasteiger partial charge in [0.05, 0.1) is 12.6 Å². The van der Waals surface area contributed by atoms with Gasteiger partial charge in [0, 0.05) is 13.5 Å². The fourth-order valence-electron chi connectivity index (χ4n) is 1.44. The van der Waals surface area contributed by atoms with Crippen molar-refractivity contribution >= 4 is 5.97 Å². The molecule has 2 atom stereocenters. The summed E-state index contributed by atoms with van der Waals surface area (Å²) in [6.07, 6.45) is 0. The van der Waals surface area contributed by atoms with Crippen LogP contribution < -0.4 is 10.6 Å². The fourth-order valence-corrected chi connectivity index (χ4v) is 1.44. The van der Waals surface area contributed by atoms with Gasteiger partial charge in [-0.2, -0.15) is 0 Å². The summed E-state index contributed by atoms with van der Waals surface area (Å²) in [5, 5.41) is 6.24. The number of esters is 1. The number of rotatable bonds is 1. The number of hydrogen-bond donors (Lipinski definition) is 2. The number of nitrogens with one attached hydrogen (secondary N) is 2. The third-order valence-corrected chi connectivity index (χ3v) is 1.96. The summed E-state index contributed by atoms with van der Waals surface area (Å²) < 4.78 is 5.06. The van der Waals surface area contributed by atoms with Crippen LogP contribution in [0.1, 0.15) is 6.92 Å². The van der Waals surface area contributed by atoms with Crippen LogP contribution >= 0.6 is 0 Å². The molecule has 0 aromatic carbocycles. The van der Waals surface area contributed by atoms with E-state index in [0.717, 1.165) is 13.1 Å². The molecule has 56 valence electrons. The maximum absolute atomic E-state index is 10.5. The Bertz CT molecular complexity index is 183. The monoisotopic (exact) mass is 142 g/mol. The maximum Gasteiger partial charge on any atom is 0.304 e. The van der Waals surface area contributed by atoms with Crippen molar-refractivity contribution in [2.24, 2.45) is 0 Å². The zero-order valence-electron chi connectivity index (χ0n) is 5.81. The molecule has 0 radical (unpaired) electrons. The highest BCUT2D eigenvalue weighted by Gasteiger charge is 2.60. The number of carbonyl (C=O) groups excluding carboxylic acids is 1. The summed E-state index contributed by atoms with van der Waals surface area (Å²) >= 11 is 0. The van der Waals surface area contributed by atoms with Crippen LogP contribution in [0.4, 0.5) is 0 Å². The molecule has 0 spiro atoms. The first-order chi connectivity index (χ1) is 4.73. The van der Waals surface area contributed by atoms with Crippen molar-refractivity contribution in [3.05, 3.63) is 0 Å². The van der Waals surface area contributed by atoms with Crippen LogP contribution in [-0.2, 0) is 9.53 Å². The van der Waals surface area contributed by atoms with Crippen LogP contribution in [0.5, 0.6) is 0 Å². The van der Waals surface area contributed by atoms with Crippen molar-refractivity contribution in [2.45, 2.75) is 18.7 Å². The Morgan fingerprint density at radius 3 is 3.00 bits per heavy atom. The number of ether oxygens (including phenoxy) is 1. The van der Waals surface area contributed by atoms with Gasteiger partial charge in [-0.3, -0.25) is 10.1 Å². The molecule has 0 bridgehead atoms. The molecule has 2 fully saturated rings. The summed E-state index contributed by atoms with van der Waals surface area (Å²) in [5.41, 5.74) is -0.328. The smallest absolute Gasteiger partial charge is 0.304 e. The standard InChI is InChI=1S/C6H10N2O2/c1-4(9)10-6-3-7-2-5(6)8-6/h5,7-8H,2-3H2,1H3. The highest BCUT2D eigenvalue weighted by molar-refractivity contribution is 5.67. The van der Waals surface area contributed by atoms with E-state index in [1.54, 1.807) is 0 Å². The van der Waals surface area contributed by atoms with Crippen molar-refractivity contribution in [3.63, 3.8) is 0 Å². The normalized spacial score (nSPS) is 42.7. The summed E-state index contributed by atoms with van der Waals surface area (Å²) in [6, 6.07) is 0.358. The zero-order chi connectivity index (χ0) is 7.19. The Kier molecular flexibility index (Phi) is 1.04. The first-order valence-electron chi connectivity index (χ1n) is 3.41. The van der Waals surface area contributed by atoms with Gasteiger partial charge < -0.3 is 10.1 Å². The second kappa shape index (κ2) is 1.71.